The molecule has 138 valence electrons. The van der Waals surface area contributed by atoms with Crippen molar-refractivity contribution in [3.8, 4) is 0 Å². The molecule has 2 aromatic rings. The number of amides is 1. The van der Waals surface area contributed by atoms with Gasteiger partial charge in [0.25, 0.3) is 5.91 Å². The van der Waals surface area contributed by atoms with Crippen molar-refractivity contribution in [3.63, 3.8) is 0 Å². The third-order valence-corrected chi connectivity index (χ3v) is 7.19. The Labute approximate surface area is 155 Å². The van der Waals surface area contributed by atoms with Gasteiger partial charge in [0, 0.05) is 24.2 Å². The molecule has 1 aliphatic rings. The van der Waals surface area contributed by atoms with Crippen LogP contribution in [-0.4, -0.2) is 42.8 Å². The normalized spacial score (nSPS) is 15.1. The predicted octanol–water partition coefficient (Wildman–Crippen LogP) is 2.79. The van der Waals surface area contributed by atoms with Gasteiger partial charge >= 0.3 is 5.97 Å². The van der Waals surface area contributed by atoms with E-state index in [9.17, 15) is 18.0 Å². The van der Waals surface area contributed by atoms with Crippen LogP contribution in [0.2, 0.25) is 0 Å². The summed E-state index contributed by atoms with van der Waals surface area (Å²) in [5.41, 5.74) is 1.16. The Bertz CT molecular complexity index is 959. The average Bonchev–Trinajstić information content (AvgIpc) is 3.29. The van der Waals surface area contributed by atoms with Crippen LogP contribution in [0.4, 0.5) is 5.69 Å². The van der Waals surface area contributed by atoms with Gasteiger partial charge in [0.2, 0.25) is 10.0 Å². The molecule has 1 amide bonds. The lowest BCUT2D eigenvalue weighted by Crippen LogP contribution is -2.27. The molecule has 26 heavy (non-hydrogen) atoms. The summed E-state index contributed by atoms with van der Waals surface area (Å²) in [6.45, 7) is 2.75. The summed E-state index contributed by atoms with van der Waals surface area (Å²) in [6, 6.07) is 5.81. The quantitative estimate of drug-likeness (QED) is 0.812. The maximum Gasteiger partial charge on any atom is 0.335 e. The number of nitrogens with zero attached hydrogens (tertiary/aromatic N) is 1. The second kappa shape index (κ2) is 7.18. The van der Waals surface area contributed by atoms with Gasteiger partial charge in [0.15, 0.2) is 0 Å². The van der Waals surface area contributed by atoms with Crippen molar-refractivity contribution in [1.29, 1.82) is 0 Å². The van der Waals surface area contributed by atoms with Crippen LogP contribution in [0.1, 0.15) is 38.4 Å². The summed E-state index contributed by atoms with van der Waals surface area (Å²) in [4.78, 5) is 23.9. The number of anilines is 1. The Morgan fingerprint density at radius 2 is 1.88 bits per heavy atom. The number of hydrogen-bond acceptors (Lipinski definition) is 5. The molecule has 0 aliphatic carbocycles. The standard InChI is InChI=1S/C17H18N2O5S2/c1-11-4-5-12(17(21)22)8-14(11)18-16(20)15-9-13(10-25-15)26(23,24)19-6-2-3-7-19/h4-5,8-10H,2-3,6-7H2,1H3,(H,18,20)(H,21,22). The van der Waals surface area contributed by atoms with Gasteiger partial charge in [0.1, 0.15) is 0 Å². The molecule has 1 aromatic carbocycles. The van der Waals surface area contributed by atoms with Crippen LogP contribution in [0.5, 0.6) is 0 Å². The van der Waals surface area contributed by atoms with E-state index in [0.29, 0.717) is 24.3 Å². The van der Waals surface area contributed by atoms with Crippen LogP contribution in [0.3, 0.4) is 0 Å². The van der Waals surface area contributed by atoms with Crippen LogP contribution in [0, 0.1) is 6.92 Å². The summed E-state index contributed by atoms with van der Waals surface area (Å²) in [7, 11) is -3.56. The molecule has 1 fully saturated rings. The van der Waals surface area contributed by atoms with Gasteiger partial charge in [-0.05, 0) is 43.5 Å². The Kier molecular flexibility index (Phi) is 5.12. The number of nitrogens with one attached hydrogen (secondary N) is 1. The summed E-state index contributed by atoms with van der Waals surface area (Å²) in [5.74, 6) is -1.56. The first kappa shape index (κ1) is 18.6. The fraction of sp³-hybridized carbons (Fsp3) is 0.294. The first-order chi connectivity index (χ1) is 12.3. The average molecular weight is 394 g/mol. The minimum absolute atomic E-state index is 0.0642. The van der Waals surface area contributed by atoms with Gasteiger partial charge in [-0.15, -0.1) is 11.3 Å². The van der Waals surface area contributed by atoms with Gasteiger partial charge in [-0.1, -0.05) is 6.07 Å². The smallest absolute Gasteiger partial charge is 0.335 e. The number of carbonyl (C=O) groups excluding carboxylic acids is 1. The van der Waals surface area contributed by atoms with Crippen molar-refractivity contribution in [2.45, 2.75) is 24.7 Å². The van der Waals surface area contributed by atoms with E-state index in [1.54, 1.807) is 13.0 Å². The molecule has 0 saturated carbocycles. The zero-order valence-electron chi connectivity index (χ0n) is 14.1. The Morgan fingerprint density at radius 3 is 2.54 bits per heavy atom. The number of aryl methyl sites for hydroxylation is 1. The van der Waals surface area contributed by atoms with Crippen molar-refractivity contribution in [1.82, 2.24) is 4.31 Å². The zero-order valence-corrected chi connectivity index (χ0v) is 15.7. The van der Waals surface area contributed by atoms with E-state index < -0.39 is 21.9 Å². The van der Waals surface area contributed by atoms with Crippen molar-refractivity contribution < 1.29 is 23.1 Å². The first-order valence-corrected chi connectivity index (χ1v) is 10.3. The number of carbonyl (C=O) groups is 2. The number of benzene rings is 1. The second-order valence-electron chi connectivity index (χ2n) is 6.05. The Morgan fingerprint density at radius 1 is 1.19 bits per heavy atom. The largest absolute Gasteiger partial charge is 0.478 e. The van der Waals surface area contributed by atoms with Gasteiger partial charge in [0.05, 0.1) is 15.3 Å². The molecule has 3 rings (SSSR count). The number of thiophene rings is 1. The predicted molar refractivity (Wildman–Crippen MR) is 98.4 cm³/mol. The molecule has 0 bridgehead atoms. The number of hydrogen-bond donors (Lipinski definition) is 2. The van der Waals surface area contributed by atoms with Crippen molar-refractivity contribution in [3.05, 3.63) is 45.6 Å². The van der Waals surface area contributed by atoms with E-state index in [2.05, 4.69) is 5.32 Å². The highest BCUT2D eigenvalue weighted by Crippen LogP contribution is 2.26. The minimum atomic E-state index is -3.56. The van der Waals surface area contributed by atoms with Gasteiger partial charge < -0.3 is 10.4 Å². The molecule has 1 aromatic heterocycles. The Balaban J connectivity index is 1.81. The van der Waals surface area contributed by atoms with Gasteiger partial charge in [-0.2, -0.15) is 4.31 Å². The van der Waals surface area contributed by atoms with Crippen molar-refractivity contribution >= 4 is 38.9 Å². The zero-order chi connectivity index (χ0) is 18.9. The lowest BCUT2D eigenvalue weighted by molar-refractivity contribution is 0.0696. The summed E-state index contributed by atoms with van der Waals surface area (Å²) >= 11 is 1.04. The third kappa shape index (κ3) is 3.64. The number of rotatable bonds is 5. The molecule has 2 heterocycles. The maximum atomic E-state index is 12.5. The molecule has 0 unspecified atom stereocenters. The SMILES string of the molecule is Cc1ccc(C(=O)O)cc1NC(=O)c1cc(S(=O)(=O)N2CCCC2)cs1. The van der Waals surface area contributed by atoms with Gasteiger partial charge in [-0.3, -0.25) is 4.79 Å². The highest BCUT2D eigenvalue weighted by Gasteiger charge is 2.28. The monoisotopic (exact) mass is 394 g/mol. The fourth-order valence-corrected chi connectivity index (χ4v) is 5.40. The number of aromatic carboxylic acids is 1. The molecule has 7 nitrogen and oxygen atoms in total. The van der Waals surface area contributed by atoms with E-state index in [0.717, 1.165) is 24.2 Å². The topological polar surface area (TPSA) is 104 Å². The van der Waals surface area contributed by atoms with E-state index in [4.69, 9.17) is 5.11 Å². The Hall–Kier alpha value is -2.23. The van der Waals surface area contributed by atoms with Crippen LogP contribution < -0.4 is 5.32 Å². The molecular weight excluding hydrogens is 376 g/mol. The lowest BCUT2D eigenvalue weighted by Gasteiger charge is -2.13. The number of carboxylic acid groups (broad SMARTS) is 1. The summed E-state index contributed by atoms with van der Waals surface area (Å²) < 4.78 is 26.5. The highest BCUT2D eigenvalue weighted by atomic mass is 32.2. The van der Waals surface area contributed by atoms with Crippen molar-refractivity contribution in [2.24, 2.45) is 0 Å². The van der Waals surface area contributed by atoms with E-state index in [-0.39, 0.29) is 15.3 Å². The number of carboxylic acids is 1. The maximum absolute atomic E-state index is 12.5. The summed E-state index contributed by atoms with van der Waals surface area (Å²) in [6.07, 6.45) is 1.69. The third-order valence-electron chi connectivity index (χ3n) is 4.23. The van der Waals surface area contributed by atoms with Crippen LogP contribution in [-0.2, 0) is 10.0 Å². The molecule has 0 atom stereocenters. The molecule has 1 saturated heterocycles. The lowest BCUT2D eigenvalue weighted by atomic mass is 10.1. The summed E-state index contributed by atoms with van der Waals surface area (Å²) in [5, 5.41) is 13.2. The molecule has 1 aliphatic heterocycles. The highest BCUT2D eigenvalue weighted by molar-refractivity contribution is 7.89. The second-order valence-corrected chi connectivity index (χ2v) is 8.90. The molecule has 0 radical (unpaired) electrons. The van der Waals surface area contributed by atoms with Crippen LogP contribution in [0.25, 0.3) is 0 Å². The van der Waals surface area contributed by atoms with Gasteiger partial charge in [-0.25, -0.2) is 13.2 Å². The molecule has 0 spiro atoms. The van der Waals surface area contributed by atoms with Crippen LogP contribution >= 0.6 is 11.3 Å². The molecule has 2 N–H and O–H groups in total. The van der Waals surface area contributed by atoms with E-state index in [1.165, 1.54) is 27.9 Å². The molecular formula is C17H18N2O5S2. The van der Waals surface area contributed by atoms with E-state index in [1.807, 2.05) is 0 Å². The molecule has 9 heteroatoms. The van der Waals surface area contributed by atoms with Crippen molar-refractivity contribution in [2.75, 3.05) is 18.4 Å². The van der Waals surface area contributed by atoms with Crippen LogP contribution in [0.15, 0.2) is 34.5 Å². The fourth-order valence-electron chi connectivity index (χ4n) is 2.72. The van der Waals surface area contributed by atoms with E-state index >= 15 is 0 Å². The first-order valence-electron chi connectivity index (χ1n) is 8.03. The minimum Gasteiger partial charge on any atom is -0.478 e. The number of sulfonamides is 1.